The Bertz CT molecular complexity index is 1260. The van der Waals surface area contributed by atoms with Crippen LogP contribution in [0.25, 0.3) is 22.1 Å². The van der Waals surface area contributed by atoms with E-state index in [2.05, 4.69) is 22.1 Å². The van der Waals surface area contributed by atoms with E-state index in [9.17, 15) is 9.59 Å². The second-order valence-corrected chi connectivity index (χ2v) is 7.43. The lowest BCUT2D eigenvalue weighted by molar-refractivity contribution is 0.0992. The van der Waals surface area contributed by atoms with E-state index in [0.717, 1.165) is 23.9 Å². The van der Waals surface area contributed by atoms with Crippen LogP contribution in [0.5, 0.6) is 0 Å². The standard InChI is InChI=1S/C22H24N8O2/c23-19(31)13-5-7-17-15(11-13)27-21(25)29(17)9-3-1-2-4-10-30-18-8-6-14(20(24)32)12-16(18)28-22(30)26/h1-2,5-8,11-12H,3-4,9-10H2,(H2,23,31)(H2,24,32)(H2,25,27)(H2,26,28)/b2-1+. The summed E-state index contributed by atoms with van der Waals surface area (Å²) in [5, 5.41) is 0. The van der Waals surface area contributed by atoms with Gasteiger partial charge in [-0.1, -0.05) is 12.2 Å². The van der Waals surface area contributed by atoms with Gasteiger partial charge in [-0.3, -0.25) is 9.59 Å². The maximum atomic E-state index is 11.3. The van der Waals surface area contributed by atoms with Crippen LogP contribution in [-0.4, -0.2) is 30.9 Å². The van der Waals surface area contributed by atoms with Crippen molar-refractivity contribution < 1.29 is 9.59 Å². The quantitative estimate of drug-likeness (QED) is 0.309. The van der Waals surface area contributed by atoms with E-state index >= 15 is 0 Å². The van der Waals surface area contributed by atoms with E-state index < -0.39 is 11.8 Å². The smallest absolute Gasteiger partial charge is 0.248 e. The molecule has 0 saturated heterocycles. The highest BCUT2D eigenvalue weighted by Crippen LogP contribution is 2.21. The molecule has 0 spiro atoms. The summed E-state index contributed by atoms with van der Waals surface area (Å²) in [6.45, 7) is 1.31. The molecule has 0 bridgehead atoms. The van der Waals surface area contributed by atoms with Gasteiger partial charge in [0.25, 0.3) is 0 Å². The fourth-order valence-corrected chi connectivity index (χ4v) is 3.72. The molecule has 164 valence electrons. The molecule has 2 amide bonds. The van der Waals surface area contributed by atoms with Crippen molar-refractivity contribution in [3.8, 4) is 0 Å². The normalized spacial score (nSPS) is 11.6. The monoisotopic (exact) mass is 432 g/mol. The van der Waals surface area contributed by atoms with Gasteiger partial charge in [0, 0.05) is 24.2 Å². The van der Waals surface area contributed by atoms with Crippen LogP contribution >= 0.6 is 0 Å². The molecule has 4 rings (SSSR count). The first kappa shape index (κ1) is 20.9. The molecule has 4 aromatic rings. The number of fused-ring (bicyclic) bond motifs is 2. The number of rotatable bonds is 8. The van der Waals surface area contributed by atoms with Gasteiger partial charge in [-0.15, -0.1) is 0 Å². The Morgan fingerprint density at radius 1 is 0.750 bits per heavy atom. The average molecular weight is 432 g/mol. The molecule has 8 N–H and O–H groups in total. The van der Waals surface area contributed by atoms with Crippen molar-refractivity contribution >= 4 is 45.8 Å². The van der Waals surface area contributed by atoms with Crippen molar-refractivity contribution in [2.45, 2.75) is 25.9 Å². The van der Waals surface area contributed by atoms with Gasteiger partial charge in [0.05, 0.1) is 22.1 Å². The van der Waals surface area contributed by atoms with E-state index in [1.807, 2.05) is 9.13 Å². The zero-order valence-electron chi connectivity index (χ0n) is 17.4. The largest absolute Gasteiger partial charge is 0.369 e. The number of anilines is 2. The van der Waals surface area contributed by atoms with Crippen LogP contribution in [0.1, 0.15) is 33.6 Å². The fourth-order valence-electron chi connectivity index (χ4n) is 3.72. The van der Waals surface area contributed by atoms with E-state index in [0.29, 0.717) is 47.1 Å². The molecule has 2 heterocycles. The number of amides is 2. The molecular weight excluding hydrogens is 408 g/mol. The van der Waals surface area contributed by atoms with Crippen molar-refractivity contribution in [2.75, 3.05) is 11.5 Å². The van der Waals surface area contributed by atoms with Crippen LogP contribution in [0.15, 0.2) is 48.6 Å². The third-order valence-corrected chi connectivity index (χ3v) is 5.33. The van der Waals surface area contributed by atoms with Crippen LogP contribution in [0, 0.1) is 0 Å². The summed E-state index contributed by atoms with van der Waals surface area (Å²) in [7, 11) is 0. The fraction of sp³-hybridized carbons (Fsp3) is 0.182. The number of primary amides is 2. The molecule has 0 aliphatic heterocycles. The molecule has 10 heteroatoms. The lowest BCUT2D eigenvalue weighted by Crippen LogP contribution is -2.10. The molecule has 2 aromatic carbocycles. The van der Waals surface area contributed by atoms with Crippen molar-refractivity contribution in [1.82, 2.24) is 19.1 Å². The maximum absolute atomic E-state index is 11.3. The number of nitrogens with zero attached hydrogens (tertiary/aromatic N) is 4. The first-order chi connectivity index (χ1) is 15.3. The number of aryl methyl sites for hydroxylation is 2. The summed E-state index contributed by atoms with van der Waals surface area (Å²) in [6, 6.07) is 10.2. The minimum absolute atomic E-state index is 0.392. The first-order valence-corrected chi connectivity index (χ1v) is 10.1. The molecule has 0 aliphatic rings. The number of hydrogen-bond donors (Lipinski definition) is 4. The van der Waals surface area contributed by atoms with Crippen LogP contribution in [0.4, 0.5) is 11.9 Å². The summed E-state index contributed by atoms with van der Waals surface area (Å²) in [4.78, 5) is 31.3. The summed E-state index contributed by atoms with van der Waals surface area (Å²) < 4.78 is 3.81. The maximum Gasteiger partial charge on any atom is 0.248 e. The van der Waals surface area contributed by atoms with Gasteiger partial charge in [0.15, 0.2) is 0 Å². The predicted molar refractivity (Wildman–Crippen MR) is 124 cm³/mol. The van der Waals surface area contributed by atoms with Crippen LogP contribution in [0.2, 0.25) is 0 Å². The van der Waals surface area contributed by atoms with E-state index in [1.54, 1.807) is 36.4 Å². The van der Waals surface area contributed by atoms with Crippen molar-refractivity contribution in [1.29, 1.82) is 0 Å². The molecule has 0 atom stereocenters. The molecule has 0 saturated carbocycles. The lowest BCUT2D eigenvalue weighted by atomic mass is 10.2. The van der Waals surface area contributed by atoms with E-state index in [4.69, 9.17) is 22.9 Å². The van der Waals surface area contributed by atoms with Gasteiger partial charge >= 0.3 is 0 Å². The summed E-state index contributed by atoms with van der Waals surface area (Å²) in [5.74, 6) is -0.212. The molecule has 0 aliphatic carbocycles. The Morgan fingerprint density at radius 3 is 1.53 bits per heavy atom. The zero-order chi connectivity index (χ0) is 22.8. The van der Waals surface area contributed by atoms with Gasteiger partial charge in [-0.05, 0) is 49.2 Å². The molecule has 0 fully saturated rings. The van der Waals surface area contributed by atoms with Crippen molar-refractivity contribution in [2.24, 2.45) is 11.5 Å². The lowest BCUT2D eigenvalue weighted by Gasteiger charge is -2.05. The number of carbonyl (C=O) groups is 2. The Morgan fingerprint density at radius 2 is 1.16 bits per heavy atom. The number of nitrogen functional groups attached to an aromatic ring is 2. The van der Waals surface area contributed by atoms with Crippen molar-refractivity contribution in [3.05, 3.63) is 59.7 Å². The molecule has 32 heavy (non-hydrogen) atoms. The van der Waals surface area contributed by atoms with Gasteiger partial charge < -0.3 is 32.1 Å². The van der Waals surface area contributed by atoms with Gasteiger partial charge in [0.2, 0.25) is 23.7 Å². The minimum atomic E-state index is -0.498. The second kappa shape index (κ2) is 8.42. The zero-order valence-corrected chi connectivity index (χ0v) is 17.4. The molecule has 10 nitrogen and oxygen atoms in total. The number of benzene rings is 2. The Balaban J connectivity index is 1.38. The van der Waals surface area contributed by atoms with Gasteiger partial charge in [-0.2, -0.15) is 0 Å². The number of imidazole rings is 2. The predicted octanol–water partition coefficient (Wildman–Crippen LogP) is 1.78. The molecule has 0 radical (unpaired) electrons. The molecule has 2 aromatic heterocycles. The number of carbonyl (C=O) groups excluding carboxylic acids is 2. The van der Waals surface area contributed by atoms with E-state index in [-0.39, 0.29) is 0 Å². The van der Waals surface area contributed by atoms with Crippen LogP contribution < -0.4 is 22.9 Å². The highest BCUT2D eigenvalue weighted by Gasteiger charge is 2.11. The Labute approximate surface area is 183 Å². The third-order valence-electron chi connectivity index (χ3n) is 5.33. The number of hydrogen-bond acceptors (Lipinski definition) is 6. The number of nitrogens with two attached hydrogens (primary N) is 4. The molecular formula is C22H24N8O2. The second-order valence-electron chi connectivity index (χ2n) is 7.43. The first-order valence-electron chi connectivity index (χ1n) is 10.1. The topological polar surface area (TPSA) is 174 Å². The minimum Gasteiger partial charge on any atom is -0.369 e. The summed E-state index contributed by atoms with van der Waals surface area (Å²) >= 11 is 0. The number of aromatic nitrogens is 4. The van der Waals surface area contributed by atoms with Crippen molar-refractivity contribution in [3.63, 3.8) is 0 Å². The van der Waals surface area contributed by atoms with Crippen LogP contribution in [0.3, 0.4) is 0 Å². The van der Waals surface area contributed by atoms with Gasteiger partial charge in [0.1, 0.15) is 0 Å². The molecule has 0 unspecified atom stereocenters. The van der Waals surface area contributed by atoms with E-state index in [1.165, 1.54) is 0 Å². The number of allylic oxidation sites excluding steroid dienone is 2. The average Bonchev–Trinajstić information content (AvgIpc) is 3.24. The highest BCUT2D eigenvalue weighted by atomic mass is 16.1. The highest BCUT2D eigenvalue weighted by molar-refractivity contribution is 5.97. The van der Waals surface area contributed by atoms with Gasteiger partial charge in [-0.25, -0.2) is 9.97 Å². The Hall–Kier alpha value is -4.34. The SMILES string of the molecule is NC(=O)c1ccc2c(c1)nc(N)n2CC/C=C/CCn1c(N)nc2cc(C(N)=O)ccc21. The van der Waals surface area contributed by atoms with Crippen LogP contribution in [-0.2, 0) is 13.1 Å². The summed E-state index contributed by atoms with van der Waals surface area (Å²) in [6.07, 6.45) is 5.66. The Kier molecular flexibility index (Phi) is 5.50. The summed E-state index contributed by atoms with van der Waals surface area (Å²) in [5.41, 5.74) is 26.5. The third kappa shape index (κ3) is 3.97.